The van der Waals surface area contributed by atoms with Crippen molar-refractivity contribution in [1.29, 1.82) is 0 Å². The van der Waals surface area contributed by atoms with Crippen LogP contribution in [0, 0.1) is 6.92 Å². The number of hydrogen-bond acceptors (Lipinski definition) is 19. The van der Waals surface area contributed by atoms with Gasteiger partial charge in [0.2, 0.25) is 0 Å². The molecule has 4 aromatic heterocycles. The van der Waals surface area contributed by atoms with Gasteiger partial charge < -0.3 is 59.0 Å². The molecule has 24 heteroatoms. The molecule has 0 radical (unpaired) electrons. The molecule has 2 saturated heterocycles. The van der Waals surface area contributed by atoms with E-state index in [1.807, 2.05) is 0 Å². The Hall–Kier alpha value is -2.93. The first-order valence-corrected chi connectivity index (χ1v) is 17.7. The van der Waals surface area contributed by atoms with Crippen LogP contribution >= 0.6 is 6.72 Å². The predicted octanol–water partition coefficient (Wildman–Crippen LogP) is -4.90. The van der Waals surface area contributed by atoms with E-state index >= 15 is 0 Å². The number of aromatic hydroxyl groups is 1. The number of nitrogens with two attached hydrogens (primary N) is 1. The van der Waals surface area contributed by atoms with Crippen LogP contribution in [0.5, 0.6) is 11.5 Å². The number of imidazole rings is 1. The molecule has 0 bridgehead atoms. The van der Waals surface area contributed by atoms with Crippen LogP contribution in [0.3, 0.4) is 0 Å². The van der Waals surface area contributed by atoms with E-state index in [0.717, 1.165) is 10.6 Å². The first kappa shape index (κ1) is 41.8. The molecule has 0 spiro atoms. The van der Waals surface area contributed by atoms with E-state index in [4.69, 9.17) is 50.6 Å². The Labute approximate surface area is 321 Å². The zero-order valence-electron chi connectivity index (χ0n) is 28.3. The van der Waals surface area contributed by atoms with Crippen molar-refractivity contribution in [2.75, 3.05) is 33.2 Å². The normalized spacial score (nSPS) is 25.2. The van der Waals surface area contributed by atoms with Crippen molar-refractivity contribution in [2.45, 2.75) is 62.9 Å². The molecule has 2 aliphatic rings. The summed E-state index contributed by atoms with van der Waals surface area (Å²) in [4.78, 5) is 55.0. The maximum Gasteiger partial charge on any atom is 1.00 e. The van der Waals surface area contributed by atoms with Crippen LogP contribution in [0.15, 0.2) is 40.7 Å². The van der Waals surface area contributed by atoms with E-state index in [1.165, 1.54) is 39.3 Å². The van der Waals surface area contributed by atoms with Gasteiger partial charge in [-0.25, -0.2) is 19.7 Å². The van der Waals surface area contributed by atoms with E-state index in [0.29, 0.717) is 28.2 Å². The largest absolute Gasteiger partial charge is 1.00 e. The first-order chi connectivity index (χ1) is 24.3. The quantitative estimate of drug-likeness (QED) is 0.0614. The molecule has 0 amide bonds. The molecular formula is C28H36N8NaO13PS. The van der Waals surface area contributed by atoms with Crippen molar-refractivity contribution in [3.63, 3.8) is 0 Å². The molecule has 3 unspecified atom stereocenters. The molecule has 52 heavy (non-hydrogen) atoms. The minimum Gasteiger partial charge on any atom is -0.780 e. The van der Waals surface area contributed by atoms with E-state index in [1.54, 1.807) is 11.5 Å². The summed E-state index contributed by atoms with van der Waals surface area (Å²) in [6, 6.07) is 1.11. The second-order valence-corrected chi connectivity index (χ2v) is 13.9. The number of anilines is 1. The van der Waals surface area contributed by atoms with Crippen molar-refractivity contribution >= 4 is 35.5 Å². The smallest absolute Gasteiger partial charge is 0.780 e. The summed E-state index contributed by atoms with van der Waals surface area (Å²) < 4.78 is 35.4. The van der Waals surface area contributed by atoms with Gasteiger partial charge in [-0.1, -0.05) is 11.8 Å². The summed E-state index contributed by atoms with van der Waals surface area (Å²) in [5.41, 5.74) is 6.19. The number of nitrogens with zero attached hydrogens (tertiary/aromatic N) is 6. The van der Waals surface area contributed by atoms with Gasteiger partial charge in [-0.3, -0.25) is 23.9 Å². The van der Waals surface area contributed by atoms with Gasteiger partial charge in [0.1, 0.15) is 49.2 Å². The summed E-state index contributed by atoms with van der Waals surface area (Å²) in [5, 5.41) is 38.6. The van der Waals surface area contributed by atoms with Gasteiger partial charge in [0.15, 0.2) is 29.2 Å². The fourth-order valence-electron chi connectivity index (χ4n) is 5.50. The maximum atomic E-state index is 13.1. The second kappa shape index (κ2) is 17.9. The number of hydrogen-bond donors (Lipinski definition) is 6. The summed E-state index contributed by atoms with van der Waals surface area (Å²) in [7, 11) is 2.73. The fourth-order valence-corrected chi connectivity index (χ4v) is 6.92. The van der Waals surface area contributed by atoms with Crippen molar-refractivity contribution in [3.8, 4) is 11.5 Å². The van der Waals surface area contributed by atoms with E-state index in [9.17, 15) is 29.8 Å². The molecule has 2 fully saturated rings. The van der Waals surface area contributed by atoms with Gasteiger partial charge in [0, 0.05) is 37.6 Å². The van der Waals surface area contributed by atoms with Crippen molar-refractivity contribution in [1.82, 2.24) is 34.1 Å². The van der Waals surface area contributed by atoms with Crippen LogP contribution in [-0.2, 0) is 41.7 Å². The van der Waals surface area contributed by atoms with Crippen LogP contribution in [0.1, 0.15) is 30.1 Å². The molecule has 8 atom stereocenters. The van der Waals surface area contributed by atoms with E-state index < -0.39 is 67.6 Å². The zero-order chi connectivity index (χ0) is 37.0. The van der Waals surface area contributed by atoms with Crippen molar-refractivity contribution < 1.29 is 82.9 Å². The Morgan fingerprint density at radius 3 is 2.54 bits per heavy atom. The summed E-state index contributed by atoms with van der Waals surface area (Å²) in [6.07, 6.45) is -1.55. The van der Waals surface area contributed by atoms with Gasteiger partial charge in [0.05, 0.1) is 45.1 Å². The molecule has 278 valence electrons. The predicted molar refractivity (Wildman–Crippen MR) is 176 cm³/mol. The number of fused-ring (bicyclic) bond motifs is 1. The van der Waals surface area contributed by atoms with Gasteiger partial charge in [-0.2, -0.15) is 0 Å². The number of nitrogens with one attached hydrogen (secondary N) is 1. The topological polar surface area (TPSA) is 297 Å². The number of aryl methyl sites for hydroxylation is 1. The van der Waals surface area contributed by atoms with Crippen LogP contribution < -0.4 is 56.2 Å². The van der Waals surface area contributed by atoms with Crippen LogP contribution in [0.2, 0.25) is 0 Å². The second-order valence-electron chi connectivity index (χ2n) is 11.2. The molecule has 4 aromatic rings. The number of aliphatic hydroxyl groups is 3. The summed E-state index contributed by atoms with van der Waals surface area (Å²) in [5.74, 6) is 0.481. The number of aromatic nitrogens is 7. The number of aliphatic hydroxyl groups excluding tert-OH is 3. The standard InChI is InChI=1S/C20H26N7O10PS.C8H11NO3.Na/c1-33-16-15(10(5-28)36-19(16)26-3-2-12(30)25-20(26)31)37-38(32,39)34-6-11-9(29)4-13(35-11)27-8-24-14-17(21)22-7-23-18(14)27;1-5-7(11)8(12-2)6(4-10)3-9-5;/h2-3,7-11,13,15-16,19,28-29H,4-6H2,1H3,(H,32,39)(H2,21,22,23)(H,25,30,31);3,10-11H,4H2,1-2H3;/q;;+1/p-1/t9?,10-,11-,13-,15?,16+,19-,38?;;/m1../s1. The minimum atomic E-state index is -4.27. The molecule has 2 aliphatic heterocycles. The average Bonchev–Trinajstić information content (AvgIpc) is 3.80. The Balaban J connectivity index is 0.000000397. The van der Waals surface area contributed by atoms with Crippen LogP contribution in [0.25, 0.3) is 11.2 Å². The molecule has 6 rings (SSSR count). The third-order valence-electron chi connectivity index (χ3n) is 8.05. The SMILES string of the molecule is CO[C@H]1C(OP([O-])(=S)OC[C@H]2O[C@@H](n3cnc4c(N)ncnc43)CC2O)[C@@H](CO)O[C@H]1n1ccc(=O)[nH]c1=O.COc1c(CO)cnc(C)c1O.[Na+]. The number of ether oxygens (including phenoxy) is 4. The van der Waals surface area contributed by atoms with Crippen LogP contribution in [0.4, 0.5) is 5.82 Å². The molecule has 0 saturated carbocycles. The molecule has 6 heterocycles. The van der Waals surface area contributed by atoms with E-state index in [-0.39, 0.29) is 60.8 Å². The molecule has 0 aromatic carbocycles. The number of aromatic amines is 1. The Bertz CT molecular complexity index is 2000. The number of H-pyrrole nitrogens is 1. The van der Waals surface area contributed by atoms with E-state index in [2.05, 4.69) is 24.9 Å². The number of rotatable bonds is 11. The number of pyridine rings is 1. The summed E-state index contributed by atoms with van der Waals surface area (Å²) >= 11 is 5.06. The van der Waals surface area contributed by atoms with Gasteiger partial charge in [-0.05, 0) is 6.92 Å². The molecule has 0 aliphatic carbocycles. The van der Waals surface area contributed by atoms with Gasteiger partial charge in [-0.15, -0.1) is 0 Å². The van der Waals surface area contributed by atoms with Gasteiger partial charge >= 0.3 is 35.2 Å². The van der Waals surface area contributed by atoms with Gasteiger partial charge in [0.25, 0.3) is 5.56 Å². The van der Waals surface area contributed by atoms with Crippen LogP contribution in [-0.4, -0.2) is 112 Å². The number of nitrogen functional groups attached to an aromatic ring is 1. The average molecular weight is 779 g/mol. The molecule has 21 nitrogen and oxygen atoms in total. The fraction of sp³-hybridized carbons (Fsp3) is 0.500. The molecular weight excluding hydrogens is 742 g/mol. The number of methoxy groups -OCH3 is 2. The third kappa shape index (κ3) is 9.05. The monoisotopic (exact) mass is 778 g/mol. The Morgan fingerprint density at radius 1 is 1.13 bits per heavy atom. The van der Waals surface area contributed by atoms with Crippen molar-refractivity contribution in [2.24, 2.45) is 0 Å². The minimum absolute atomic E-state index is 0. The summed E-state index contributed by atoms with van der Waals surface area (Å²) in [6.45, 7) is -3.77. The Kier molecular flexibility index (Phi) is 14.4. The zero-order valence-corrected chi connectivity index (χ0v) is 32.0. The molecule has 7 N–H and O–H groups in total. The van der Waals surface area contributed by atoms with Crippen molar-refractivity contribution in [3.05, 3.63) is 63.2 Å². The Morgan fingerprint density at radius 2 is 1.88 bits per heavy atom. The first-order valence-electron chi connectivity index (χ1n) is 15.2. The maximum absolute atomic E-state index is 13.1. The third-order valence-corrected chi connectivity index (χ3v) is 9.59.